The molecule has 0 atom stereocenters. The van der Waals surface area contributed by atoms with Crippen LogP contribution in [0.25, 0.3) is 0 Å². The number of nitrogens with zero attached hydrogens (tertiary/aromatic N) is 6. The molecule has 230 valence electrons. The van der Waals surface area contributed by atoms with Crippen LogP contribution in [0.1, 0.15) is 77.3 Å². The minimum absolute atomic E-state index is 0.728. The molecule has 0 saturated heterocycles. The molecule has 44 heavy (non-hydrogen) atoms. The molecular formula is C38H48N6. The maximum Gasteiger partial charge on any atom is 0.0887 e. The molecule has 3 aromatic rings. The SMILES string of the molecule is C=C(/C=C\C(=C/C)CCCCCCC)N=Cc1ccc(N=Nc2ccc(N=Nc3ccc(N(CC)CC)cc3)cc2C)cc1. The van der Waals surface area contributed by atoms with Gasteiger partial charge in [0, 0.05) is 25.0 Å². The summed E-state index contributed by atoms with van der Waals surface area (Å²) in [5.41, 5.74) is 8.38. The number of rotatable bonds is 17. The first-order valence-electron chi connectivity index (χ1n) is 15.9. The predicted molar refractivity (Wildman–Crippen MR) is 189 cm³/mol. The molecule has 3 aromatic carbocycles. The molecule has 0 unspecified atom stereocenters. The minimum Gasteiger partial charge on any atom is -0.372 e. The van der Waals surface area contributed by atoms with Crippen molar-refractivity contribution in [1.29, 1.82) is 0 Å². The third-order valence-corrected chi connectivity index (χ3v) is 7.41. The topological polar surface area (TPSA) is 65.0 Å². The van der Waals surface area contributed by atoms with Crippen LogP contribution in [0.3, 0.4) is 0 Å². The lowest BCUT2D eigenvalue weighted by Gasteiger charge is -2.20. The highest BCUT2D eigenvalue weighted by Gasteiger charge is 2.02. The third kappa shape index (κ3) is 11.7. The fraction of sp³-hybridized carbons (Fsp3) is 0.342. The van der Waals surface area contributed by atoms with E-state index in [-0.39, 0.29) is 0 Å². The standard InChI is InChI=1S/C38H48N6/c1-7-11-12-13-14-15-32(8-2)17-16-31(6)39-29-33-18-20-34(21-19-33)41-43-38-27-24-36(28-30(38)5)42-40-35-22-25-37(26-23-35)44(9-3)10-4/h8,16-29H,6-7,9-15H2,1-5H3/b17-16-,32-8-,39-29?,42-40?,43-41?. The third-order valence-electron chi connectivity index (χ3n) is 7.41. The van der Waals surface area contributed by atoms with Crippen molar-refractivity contribution >= 4 is 34.7 Å². The summed E-state index contributed by atoms with van der Waals surface area (Å²) in [5, 5.41) is 17.7. The van der Waals surface area contributed by atoms with E-state index in [4.69, 9.17) is 0 Å². The fourth-order valence-electron chi connectivity index (χ4n) is 4.65. The monoisotopic (exact) mass is 588 g/mol. The summed E-state index contributed by atoms with van der Waals surface area (Å²) in [6.45, 7) is 16.7. The predicted octanol–water partition coefficient (Wildman–Crippen LogP) is 12.5. The number of azo groups is 2. The highest BCUT2D eigenvalue weighted by Crippen LogP contribution is 2.28. The van der Waals surface area contributed by atoms with Crippen molar-refractivity contribution in [2.45, 2.75) is 73.1 Å². The summed E-state index contributed by atoms with van der Waals surface area (Å²) in [6.07, 6.45) is 15.7. The minimum atomic E-state index is 0.728. The van der Waals surface area contributed by atoms with Crippen LogP contribution in [-0.2, 0) is 0 Å². The van der Waals surface area contributed by atoms with Gasteiger partial charge in [0.25, 0.3) is 0 Å². The molecule has 0 amide bonds. The number of allylic oxidation sites excluding steroid dienone is 4. The van der Waals surface area contributed by atoms with E-state index in [0.717, 1.165) is 59.1 Å². The maximum atomic E-state index is 4.51. The number of unbranched alkanes of at least 4 members (excludes halogenated alkanes) is 4. The highest BCUT2D eigenvalue weighted by atomic mass is 15.1. The number of hydrogen-bond acceptors (Lipinski definition) is 6. The molecule has 0 aliphatic heterocycles. The average Bonchev–Trinajstić information content (AvgIpc) is 3.05. The molecule has 0 saturated carbocycles. The van der Waals surface area contributed by atoms with Crippen molar-refractivity contribution < 1.29 is 0 Å². The van der Waals surface area contributed by atoms with E-state index in [1.807, 2.05) is 73.8 Å². The van der Waals surface area contributed by atoms with E-state index >= 15 is 0 Å². The molecule has 6 heteroatoms. The van der Waals surface area contributed by atoms with Crippen LogP contribution in [0, 0.1) is 6.92 Å². The Labute approximate surface area is 264 Å². The van der Waals surface area contributed by atoms with E-state index in [1.54, 1.807) is 0 Å². The van der Waals surface area contributed by atoms with E-state index in [0.29, 0.717) is 0 Å². The lowest BCUT2D eigenvalue weighted by Crippen LogP contribution is -2.21. The zero-order chi connectivity index (χ0) is 31.6. The fourth-order valence-corrected chi connectivity index (χ4v) is 4.65. The Kier molecular flexibility index (Phi) is 14.7. The molecule has 0 fully saturated rings. The number of benzene rings is 3. The van der Waals surface area contributed by atoms with Crippen molar-refractivity contribution in [2.24, 2.45) is 25.4 Å². The first kappa shape index (κ1) is 34.0. The van der Waals surface area contributed by atoms with Gasteiger partial charge < -0.3 is 4.90 Å². The summed E-state index contributed by atoms with van der Waals surface area (Å²) in [7, 11) is 0. The summed E-state index contributed by atoms with van der Waals surface area (Å²) in [5.74, 6) is 0. The number of aryl methyl sites for hydroxylation is 1. The van der Waals surface area contributed by atoms with E-state index in [2.05, 4.69) is 88.9 Å². The molecule has 0 N–H and O–H groups in total. The van der Waals surface area contributed by atoms with Gasteiger partial charge in [0.1, 0.15) is 0 Å². The van der Waals surface area contributed by atoms with Crippen LogP contribution >= 0.6 is 0 Å². The normalized spacial score (nSPS) is 12.3. The number of anilines is 1. The molecule has 0 radical (unpaired) electrons. The molecule has 0 aliphatic carbocycles. The summed E-state index contributed by atoms with van der Waals surface area (Å²) < 4.78 is 0. The van der Waals surface area contributed by atoms with Crippen LogP contribution in [0.4, 0.5) is 28.4 Å². The van der Waals surface area contributed by atoms with Crippen LogP contribution < -0.4 is 4.90 Å². The van der Waals surface area contributed by atoms with E-state index < -0.39 is 0 Å². The van der Waals surface area contributed by atoms with Gasteiger partial charge in [-0.3, -0.25) is 4.99 Å². The lowest BCUT2D eigenvalue weighted by molar-refractivity contribution is 0.633. The van der Waals surface area contributed by atoms with Gasteiger partial charge in [-0.25, -0.2) is 0 Å². The van der Waals surface area contributed by atoms with Gasteiger partial charge in [0.05, 0.1) is 28.4 Å². The second-order valence-corrected chi connectivity index (χ2v) is 10.8. The Morgan fingerprint density at radius 2 is 1.34 bits per heavy atom. The number of aliphatic imine (C=N–C) groups is 1. The Morgan fingerprint density at radius 1 is 0.727 bits per heavy atom. The van der Waals surface area contributed by atoms with Gasteiger partial charge in [-0.05, 0) is 112 Å². The highest BCUT2D eigenvalue weighted by molar-refractivity contribution is 5.81. The van der Waals surface area contributed by atoms with Gasteiger partial charge >= 0.3 is 0 Å². The van der Waals surface area contributed by atoms with Crippen LogP contribution in [0.2, 0.25) is 0 Å². The Bertz CT molecular complexity index is 1460. The molecule has 0 aromatic heterocycles. The Morgan fingerprint density at radius 3 is 1.98 bits per heavy atom. The molecule has 0 spiro atoms. The van der Waals surface area contributed by atoms with Crippen molar-refractivity contribution in [1.82, 2.24) is 0 Å². The first-order chi connectivity index (χ1) is 21.4. The average molecular weight is 589 g/mol. The molecule has 0 heterocycles. The van der Waals surface area contributed by atoms with Gasteiger partial charge in [0.2, 0.25) is 0 Å². The van der Waals surface area contributed by atoms with E-state index in [1.165, 1.54) is 43.4 Å². The van der Waals surface area contributed by atoms with Gasteiger partial charge in [-0.1, -0.05) is 69.0 Å². The first-order valence-corrected chi connectivity index (χ1v) is 15.9. The van der Waals surface area contributed by atoms with Crippen LogP contribution in [0.15, 0.2) is 128 Å². The molecule has 0 aliphatic rings. The largest absolute Gasteiger partial charge is 0.372 e. The summed E-state index contributed by atoms with van der Waals surface area (Å²) >= 11 is 0. The van der Waals surface area contributed by atoms with Crippen molar-refractivity contribution in [3.05, 3.63) is 114 Å². The molecule has 0 bridgehead atoms. The van der Waals surface area contributed by atoms with Gasteiger partial charge in [0.15, 0.2) is 0 Å². The number of hydrogen-bond donors (Lipinski definition) is 0. The zero-order valence-electron chi connectivity index (χ0n) is 27.2. The van der Waals surface area contributed by atoms with Gasteiger partial charge in [-0.15, -0.1) is 0 Å². The van der Waals surface area contributed by atoms with Crippen molar-refractivity contribution in [2.75, 3.05) is 18.0 Å². The second kappa shape index (κ2) is 19.0. The quantitative estimate of drug-likeness (QED) is 0.0669. The molecule has 6 nitrogen and oxygen atoms in total. The second-order valence-electron chi connectivity index (χ2n) is 10.8. The lowest BCUT2D eigenvalue weighted by atomic mass is 10.0. The van der Waals surface area contributed by atoms with Crippen LogP contribution in [-0.4, -0.2) is 19.3 Å². The van der Waals surface area contributed by atoms with Crippen molar-refractivity contribution in [3.63, 3.8) is 0 Å². The summed E-state index contributed by atoms with van der Waals surface area (Å²) in [4.78, 5) is 6.81. The molecule has 3 rings (SSSR count). The Hall–Kier alpha value is -4.45. The smallest absolute Gasteiger partial charge is 0.0887 e. The Balaban J connectivity index is 1.52. The molecular weight excluding hydrogens is 540 g/mol. The maximum absolute atomic E-state index is 4.51. The zero-order valence-corrected chi connectivity index (χ0v) is 27.2. The van der Waals surface area contributed by atoms with Crippen molar-refractivity contribution in [3.8, 4) is 0 Å². The van der Waals surface area contributed by atoms with Gasteiger partial charge in [-0.2, -0.15) is 20.5 Å². The van der Waals surface area contributed by atoms with E-state index in [9.17, 15) is 0 Å². The van der Waals surface area contributed by atoms with Crippen LogP contribution in [0.5, 0.6) is 0 Å². The summed E-state index contributed by atoms with van der Waals surface area (Å²) in [6, 6.07) is 21.8.